The molecule has 2 heterocycles. The van der Waals surface area contributed by atoms with Crippen molar-refractivity contribution in [2.75, 3.05) is 26.2 Å². The maximum atomic E-state index is 8.78. The summed E-state index contributed by atoms with van der Waals surface area (Å²) in [4.78, 5) is 5.12. The van der Waals surface area contributed by atoms with Crippen LogP contribution < -0.4 is 0 Å². The van der Waals surface area contributed by atoms with Crippen LogP contribution in [-0.4, -0.2) is 48.1 Å². The van der Waals surface area contributed by atoms with Crippen molar-refractivity contribution in [3.63, 3.8) is 0 Å². The van der Waals surface area contributed by atoms with E-state index in [1.54, 1.807) is 0 Å². The van der Waals surface area contributed by atoms with E-state index in [2.05, 4.69) is 22.8 Å². The molecule has 2 bridgehead atoms. The molecule has 2 aliphatic heterocycles. The molecular formula is C11H19N3. The van der Waals surface area contributed by atoms with Gasteiger partial charge in [0.1, 0.15) is 0 Å². The second kappa shape index (κ2) is 4.29. The molecule has 0 aromatic carbocycles. The molecule has 0 aromatic heterocycles. The molecule has 0 aliphatic carbocycles. The number of piperazine rings is 1. The van der Waals surface area contributed by atoms with Crippen molar-refractivity contribution in [2.45, 2.75) is 38.3 Å². The smallest absolute Gasteiger partial charge is 0.0638 e. The summed E-state index contributed by atoms with van der Waals surface area (Å²) in [5.41, 5.74) is 0. The highest BCUT2D eigenvalue weighted by atomic mass is 15.3. The summed E-state index contributed by atoms with van der Waals surface area (Å²) in [6.45, 7) is 7.08. The van der Waals surface area contributed by atoms with Gasteiger partial charge in [-0.1, -0.05) is 6.92 Å². The topological polar surface area (TPSA) is 30.3 Å². The van der Waals surface area contributed by atoms with Crippen molar-refractivity contribution in [1.29, 1.82) is 5.26 Å². The number of nitriles is 1. The Balaban J connectivity index is 1.98. The number of nitrogens with zero attached hydrogens (tertiary/aromatic N) is 3. The van der Waals surface area contributed by atoms with Gasteiger partial charge in [0.25, 0.3) is 0 Å². The van der Waals surface area contributed by atoms with E-state index in [0.29, 0.717) is 12.5 Å². The fourth-order valence-electron chi connectivity index (χ4n) is 2.81. The molecule has 2 aliphatic rings. The highest BCUT2D eigenvalue weighted by Crippen LogP contribution is 2.24. The van der Waals surface area contributed by atoms with E-state index in [-0.39, 0.29) is 0 Å². The Kier molecular flexibility index (Phi) is 3.05. The quantitative estimate of drug-likeness (QED) is 0.671. The van der Waals surface area contributed by atoms with Crippen LogP contribution in [0.15, 0.2) is 0 Å². The van der Waals surface area contributed by atoms with Crippen molar-refractivity contribution >= 4 is 0 Å². The average Bonchev–Trinajstić information content (AvgIpc) is 2.59. The minimum Gasteiger partial charge on any atom is -0.300 e. The van der Waals surface area contributed by atoms with Crippen LogP contribution in [0.1, 0.15) is 26.2 Å². The summed E-state index contributed by atoms with van der Waals surface area (Å²) in [6.07, 6.45) is 3.12. The van der Waals surface area contributed by atoms with Crippen molar-refractivity contribution in [2.24, 2.45) is 0 Å². The monoisotopic (exact) mass is 193 g/mol. The fraction of sp³-hybridized carbons (Fsp3) is 0.909. The molecule has 0 aromatic rings. The summed E-state index contributed by atoms with van der Waals surface area (Å²) in [6, 6.07) is 3.56. The van der Waals surface area contributed by atoms with Gasteiger partial charge in [-0.25, -0.2) is 0 Å². The van der Waals surface area contributed by atoms with E-state index in [4.69, 9.17) is 5.26 Å². The van der Waals surface area contributed by atoms with Crippen molar-refractivity contribution in [3.05, 3.63) is 0 Å². The van der Waals surface area contributed by atoms with Gasteiger partial charge in [-0.05, 0) is 19.4 Å². The van der Waals surface area contributed by atoms with Crippen LogP contribution in [0.3, 0.4) is 0 Å². The predicted octanol–water partition coefficient (Wildman–Crippen LogP) is 1.07. The Morgan fingerprint density at radius 2 is 2.29 bits per heavy atom. The molecule has 3 nitrogen and oxygen atoms in total. The average molecular weight is 193 g/mol. The SMILES string of the molecule is CCC(CC#N)N1CCN2CCC1C2. The molecule has 2 rings (SSSR count). The molecule has 14 heavy (non-hydrogen) atoms. The van der Waals surface area contributed by atoms with Crippen molar-refractivity contribution in [1.82, 2.24) is 9.80 Å². The maximum Gasteiger partial charge on any atom is 0.0638 e. The summed E-state index contributed by atoms with van der Waals surface area (Å²) < 4.78 is 0. The molecule has 2 fully saturated rings. The number of hydrogen-bond donors (Lipinski definition) is 0. The number of hydrogen-bond acceptors (Lipinski definition) is 3. The molecule has 3 unspecified atom stereocenters. The summed E-state index contributed by atoms with van der Waals surface area (Å²) in [5, 5.41) is 8.78. The largest absolute Gasteiger partial charge is 0.300 e. The van der Waals surface area contributed by atoms with Gasteiger partial charge in [-0.2, -0.15) is 5.26 Å². The normalized spacial score (nSPS) is 34.0. The molecule has 3 atom stereocenters. The van der Waals surface area contributed by atoms with Crippen molar-refractivity contribution in [3.8, 4) is 6.07 Å². The van der Waals surface area contributed by atoms with E-state index >= 15 is 0 Å². The van der Waals surface area contributed by atoms with E-state index < -0.39 is 0 Å². The first-order chi connectivity index (χ1) is 6.85. The van der Waals surface area contributed by atoms with E-state index in [1.165, 1.54) is 32.6 Å². The van der Waals surface area contributed by atoms with Gasteiger partial charge in [0.2, 0.25) is 0 Å². The molecule has 3 heteroatoms. The van der Waals surface area contributed by atoms with Gasteiger partial charge in [-0.3, -0.25) is 4.90 Å². The molecule has 78 valence electrons. The minimum atomic E-state index is 0.505. The lowest BCUT2D eigenvalue weighted by Crippen LogP contribution is -2.51. The molecule has 0 radical (unpaired) electrons. The highest BCUT2D eigenvalue weighted by Gasteiger charge is 2.35. The van der Waals surface area contributed by atoms with Gasteiger partial charge in [0, 0.05) is 31.7 Å². The summed E-state index contributed by atoms with van der Waals surface area (Å²) >= 11 is 0. The molecular weight excluding hydrogens is 174 g/mol. The van der Waals surface area contributed by atoms with Gasteiger partial charge in [0.15, 0.2) is 0 Å². The third kappa shape index (κ3) is 1.77. The Labute approximate surface area is 86.3 Å². The predicted molar refractivity (Wildman–Crippen MR) is 55.9 cm³/mol. The molecule has 0 saturated carbocycles. The minimum absolute atomic E-state index is 0.505. The van der Waals surface area contributed by atoms with E-state index in [0.717, 1.165) is 12.5 Å². The Bertz CT molecular complexity index is 233. The zero-order chi connectivity index (χ0) is 9.97. The molecule has 0 amide bonds. The number of fused-ring (bicyclic) bond motifs is 2. The lowest BCUT2D eigenvalue weighted by atomic mass is 10.1. The first-order valence-corrected chi connectivity index (χ1v) is 5.70. The third-order valence-electron chi connectivity index (χ3n) is 3.66. The molecule has 2 saturated heterocycles. The lowest BCUT2D eigenvalue weighted by Gasteiger charge is -2.39. The van der Waals surface area contributed by atoms with E-state index in [9.17, 15) is 0 Å². The molecule has 0 N–H and O–H groups in total. The zero-order valence-electron chi connectivity index (χ0n) is 8.95. The Morgan fingerprint density at radius 1 is 1.43 bits per heavy atom. The Hall–Kier alpha value is -0.590. The van der Waals surface area contributed by atoms with Crippen LogP contribution >= 0.6 is 0 Å². The molecule has 0 spiro atoms. The second-order valence-corrected chi connectivity index (χ2v) is 4.41. The van der Waals surface area contributed by atoms with Crippen LogP contribution in [-0.2, 0) is 0 Å². The van der Waals surface area contributed by atoms with E-state index in [1.807, 2.05) is 0 Å². The summed E-state index contributed by atoms with van der Waals surface area (Å²) in [5.74, 6) is 0. The fourth-order valence-corrected chi connectivity index (χ4v) is 2.81. The van der Waals surface area contributed by atoms with Crippen LogP contribution in [0.4, 0.5) is 0 Å². The zero-order valence-corrected chi connectivity index (χ0v) is 8.95. The third-order valence-corrected chi connectivity index (χ3v) is 3.66. The van der Waals surface area contributed by atoms with Gasteiger partial charge in [0.05, 0.1) is 12.5 Å². The standard InChI is InChI=1S/C11H19N3/c1-2-10(3-5-12)14-8-7-13-6-4-11(14)9-13/h10-11H,2-4,6-9H2,1H3. The second-order valence-electron chi connectivity index (χ2n) is 4.41. The van der Waals surface area contributed by atoms with Crippen LogP contribution in [0.5, 0.6) is 0 Å². The van der Waals surface area contributed by atoms with Crippen LogP contribution in [0.25, 0.3) is 0 Å². The highest BCUT2D eigenvalue weighted by molar-refractivity contribution is 4.94. The summed E-state index contributed by atoms with van der Waals surface area (Å²) in [7, 11) is 0. The van der Waals surface area contributed by atoms with Crippen molar-refractivity contribution < 1.29 is 0 Å². The number of rotatable bonds is 3. The lowest BCUT2D eigenvalue weighted by molar-refractivity contribution is 0.0890. The maximum absolute atomic E-state index is 8.78. The first-order valence-electron chi connectivity index (χ1n) is 5.70. The van der Waals surface area contributed by atoms with Gasteiger partial charge >= 0.3 is 0 Å². The van der Waals surface area contributed by atoms with Crippen LogP contribution in [0, 0.1) is 11.3 Å². The van der Waals surface area contributed by atoms with Crippen LogP contribution in [0.2, 0.25) is 0 Å². The van der Waals surface area contributed by atoms with Gasteiger partial charge < -0.3 is 4.90 Å². The Morgan fingerprint density at radius 3 is 3.00 bits per heavy atom. The van der Waals surface area contributed by atoms with Gasteiger partial charge in [-0.15, -0.1) is 0 Å². The first kappa shape index (κ1) is 9.95.